The molecule has 0 aliphatic carbocycles. The van der Waals surface area contributed by atoms with Gasteiger partial charge in [-0.2, -0.15) is 8.78 Å². The van der Waals surface area contributed by atoms with E-state index in [0.717, 1.165) is 5.57 Å². The molecule has 0 saturated carbocycles. The van der Waals surface area contributed by atoms with Gasteiger partial charge in [-0.05, 0) is 26.0 Å². The molecule has 1 amide bonds. The minimum Gasteiger partial charge on any atom is -0.452 e. The van der Waals surface area contributed by atoms with Gasteiger partial charge < -0.3 is 14.4 Å². The van der Waals surface area contributed by atoms with Gasteiger partial charge in [0.25, 0.3) is 5.91 Å². The molecule has 0 aliphatic heterocycles. The zero-order chi connectivity index (χ0) is 17.4. The number of carbonyl (C=O) groups excluding carboxylic acids is 2. The Morgan fingerprint density at radius 3 is 2.52 bits per heavy atom. The monoisotopic (exact) mass is 327 g/mol. The minimum absolute atomic E-state index is 0.163. The van der Waals surface area contributed by atoms with E-state index >= 15 is 0 Å². The molecule has 0 radical (unpaired) electrons. The van der Waals surface area contributed by atoms with Gasteiger partial charge in [-0.3, -0.25) is 4.79 Å². The van der Waals surface area contributed by atoms with Crippen molar-refractivity contribution in [2.24, 2.45) is 0 Å². The van der Waals surface area contributed by atoms with Crippen molar-refractivity contribution in [3.05, 3.63) is 42.0 Å². The van der Waals surface area contributed by atoms with E-state index in [9.17, 15) is 18.4 Å². The van der Waals surface area contributed by atoms with Gasteiger partial charge in [0.15, 0.2) is 6.61 Å². The number of hydrogen-bond acceptors (Lipinski definition) is 4. The molecular weight excluding hydrogens is 308 g/mol. The highest BCUT2D eigenvalue weighted by molar-refractivity contribution is 5.94. The Labute approximate surface area is 133 Å². The zero-order valence-electron chi connectivity index (χ0n) is 13.1. The number of rotatable bonds is 8. The lowest BCUT2D eigenvalue weighted by molar-refractivity contribution is -0.133. The number of halogens is 2. The van der Waals surface area contributed by atoms with E-state index in [2.05, 4.69) is 11.3 Å². The van der Waals surface area contributed by atoms with Gasteiger partial charge in [0.2, 0.25) is 0 Å². The maximum Gasteiger partial charge on any atom is 0.387 e. The summed E-state index contributed by atoms with van der Waals surface area (Å²) in [4.78, 5) is 25.4. The number of para-hydroxylation sites is 1. The van der Waals surface area contributed by atoms with Gasteiger partial charge in [-0.15, -0.1) is 0 Å². The van der Waals surface area contributed by atoms with Crippen LogP contribution in [0.25, 0.3) is 0 Å². The lowest BCUT2D eigenvalue weighted by Gasteiger charge is -2.20. The molecule has 0 saturated heterocycles. The Hall–Kier alpha value is -2.44. The second-order valence-electron chi connectivity index (χ2n) is 4.82. The van der Waals surface area contributed by atoms with Gasteiger partial charge in [0.1, 0.15) is 11.3 Å². The van der Waals surface area contributed by atoms with Crippen LogP contribution in [0, 0.1) is 0 Å². The molecule has 126 valence electrons. The van der Waals surface area contributed by atoms with Crippen molar-refractivity contribution in [2.45, 2.75) is 20.5 Å². The summed E-state index contributed by atoms with van der Waals surface area (Å²) in [7, 11) is 0. The van der Waals surface area contributed by atoms with Crippen molar-refractivity contribution in [3.8, 4) is 5.75 Å². The lowest BCUT2D eigenvalue weighted by Crippen LogP contribution is -2.35. The first-order valence-corrected chi connectivity index (χ1v) is 6.98. The highest BCUT2D eigenvalue weighted by Gasteiger charge is 2.19. The summed E-state index contributed by atoms with van der Waals surface area (Å²) in [6.45, 7) is 4.54. The van der Waals surface area contributed by atoms with Gasteiger partial charge in [-0.1, -0.05) is 24.3 Å². The zero-order valence-corrected chi connectivity index (χ0v) is 13.1. The number of benzene rings is 1. The molecule has 0 spiro atoms. The fourth-order valence-corrected chi connectivity index (χ4v) is 1.83. The molecule has 0 heterocycles. The predicted molar refractivity (Wildman–Crippen MR) is 80.4 cm³/mol. The van der Waals surface area contributed by atoms with Crippen LogP contribution in [0.15, 0.2) is 36.4 Å². The third-order valence-electron chi connectivity index (χ3n) is 2.84. The molecule has 0 N–H and O–H groups in total. The highest BCUT2D eigenvalue weighted by Crippen LogP contribution is 2.21. The number of esters is 1. The number of carbonyl (C=O) groups is 2. The van der Waals surface area contributed by atoms with Gasteiger partial charge in [0, 0.05) is 13.1 Å². The number of nitrogens with zero attached hydrogens (tertiary/aromatic N) is 1. The van der Waals surface area contributed by atoms with E-state index in [4.69, 9.17) is 4.74 Å². The van der Waals surface area contributed by atoms with Gasteiger partial charge in [0.05, 0.1) is 0 Å². The molecule has 0 fully saturated rings. The molecule has 1 aromatic carbocycles. The van der Waals surface area contributed by atoms with E-state index in [1.165, 1.54) is 29.2 Å². The highest BCUT2D eigenvalue weighted by atomic mass is 19.3. The molecule has 0 bridgehead atoms. The van der Waals surface area contributed by atoms with Crippen molar-refractivity contribution in [1.82, 2.24) is 4.90 Å². The van der Waals surface area contributed by atoms with Crippen molar-refractivity contribution >= 4 is 11.9 Å². The molecule has 0 aromatic heterocycles. The number of amides is 1. The third-order valence-corrected chi connectivity index (χ3v) is 2.84. The van der Waals surface area contributed by atoms with Crippen LogP contribution in [-0.4, -0.2) is 43.1 Å². The fourth-order valence-electron chi connectivity index (χ4n) is 1.83. The molecular formula is C16H19F2NO4. The number of alkyl halides is 2. The lowest BCUT2D eigenvalue weighted by atomic mass is 10.2. The van der Waals surface area contributed by atoms with Crippen LogP contribution < -0.4 is 4.74 Å². The quantitative estimate of drug-likeness (QED) is 0.544. The Morgan fingerprint density at radius 2 is 1.96 bits per heavy atom. The van der Waals surface area contributed by atoms with E-state index < -0.39 is 25.1 Å². The summed E-state index contributed by atoms with van der Waals surface area (Å²) in [5.41, 5.74) is 0.630. The van der Waals surface area contributed by atoms with Crippen LogP contribution in [0.5, 0.6) is 5.75 Å². The summed E-state index contributed by atoms with van der Waals surface area (Å²) < 4.78 is 33.8. The molecule has 23 heavy (non-hydrogen) atoms. The average Bonchev–Trinajstić information content (AvgIpc) is 2.49. The van der Waals surface area contributed by atoms with Crippen molar-refractivity contribution in [3.63, 3.8) is 0 Å². The van der Waals surface area contributed by atoms with Crippen molar-refractivity contribution < 1.29 is 27.8 Å². The standard InChI is InChI=1S/C16H19F2NO4/c1-4-19(9-11(2)3)14(20)10-22-15(21)12-7-5-6-8-13(12)23-16(17)18/h5-8,16H,2,4,9-10H2,1,3H3. The molecule has 0 atom stereocenters. The topological polar surface area (TPSA) is 55.8 Å². The number of hydrogen-bond donors (Lipinski definition) is 0. The first-order valence-electron chi connectivity index (χ1n) is 6.98. The van der Waals surface area contributed by atoms with Gasteiger partial charge in [-0.25, -0.2) is 4.79 Å². The molecule has 0 unspecified atom stereocenters. The molecule has 5 nitrogen and oxygen atoms in total. The Bertz CT molecular complexity index is 575. The summed E-state index contributed by atoms with van der Waals surface area (Å²) >= 11 is 0. The normalized spacial score (nSPS) is 10.3. The maximum atomic E-state index is 12.3. The summed E-state index contributed by atoms with van der Waals surface area (Å²) in [6, 6.07) is 5.45. The second-order valence-corrected chi connectivity index (χ2v) is 4.82. The van der Waals surface area contributed by atoms with Crippen LogP contribution >= 0.6 is 0 Å². The summed E-state index contributed by atoms with van der Waals surface area (Å²) in [6.07, 6.45) is 0. The summed E-state index contributed by atoms with van der Waals surface area (Å²) in [5.74, 6) is -1.59. The van der Waals surface area contributed by atoms with E-state index in [-0.39, 0.29) is 11.3 Å². The van der Waals surface area contributed by atoms with Crippen LogP contribution in [0.2, 0.25) is 0 Å². The van der Waals surface area contributed by atoms with Crippen LogP contribution in [0.4, 0.5) is 8.78 Å². The van der Waals surface area contributed by atoms with Crippen LogP contribution in [-0.2, 0) is 9.53 Å². The average molecular weight is 327 g/mol. The third kappa shape index (κ3) is 6.06. The van der Waals surface area contributed by atoms with E-state index in [1.54, 1.807) is 13.8 Å². The maximum absolute atomic E-state index is 12.3. The predicted octanol–water partition coefficient (Wildman–Crippen LogP) is 2.87. The summed E-state index contributed by atoms with van der Waals surface area (Å²) in [5, 5.41) is 0. The van der Waals surface area contributed by atoms with Gasteiger partial charge >= 0.3 is 12.6 Å². The molecule has 1 rings (SSSR count). The minimum atomic E-state index is -3.06. The van der Waals surface area contributed by atoms with Crippen molar-refractivity contribution in [2.75, 3.05) is 19.7 Å². The van der Waals surface area contributed by atoms with E-state index in [1.807, 2.05) is 0 Å². The Morgan fingerprint density at radius 1 is 1.30 bits per heavy atom. The van der Waals surface area contributed by atoms with Crippen LogP contribution in [0.1, 0.15) is 24.2 Å². The molecule has 0 aliphatic rings. The number of ether oxygens (including phenoxy) is 2. The largest absolute Gasteiger partial charge is 0.452 e. The molecule has 7 heteroatoms. The van der Waals surface area contributed by atoms with Crippen LogP contribution in [0.3, 0.4) is 0 Å². The van der Waals surface area contributed by atoms with E-state index in [0.29, 0.717) is 13.1 Å². The smallest absolute Gasteiger partial charge is 0.387 e. The van der Waals surface area contributed by atoms with Crippen molar-refractivity contribution in [1.29, 1.82) is 0 Å². The Kier molecular flexibility index (Phi) is 7.18. The second kappa shape index (κ2) is 8.87. The SMILES string of the molecule is C=C(C)CN(CC)C(=O)COC(=O)c1ccccc1OC(F)F. The first kappa shape index (κ1) is 18.6. The fraction of sp³-hybridized carbons (Fsp3) is 0.375. The number of likely N-dealkylation sites (N-methyl/N-ethyl adjacent to an activating group) is 1. The Balaban J connectivity index is 2.70. The first-order chi connectivity index (χ1) is 10.8. The molecule has 1 aromatic rings.